The SMILES string of the molecule is CC(C)(C)n1c2ccccc2c2cccc(N(c3ccccc3)c3ccc4cc5c(cc4c3)-c3cc4cc(N(c6ccccc6)c6cccc7c8ccccc8n(C(C)(C)C)c67)ccc4cc3-5)c21. The number of nitrogens with zero attached hydrogens (tertiary/aromatic N) is 4. The Balaban J connectivity index is 0.949. The van der Waals surface area contributed by atoms with Gasteiger partial charge in [0.25, 0.3) is 0 Å². The number of anilines is 6. The summed E-state index contributed by atoms with van der Waals surface area (Å²) < 4.78 is 5.06. The first kappa shape index (κ1) is 40.2. The Hall–Kier alpha value is -8.08. The molecule has 1 aliphatic carbocycles. The number of aromatic nitrogens is 2. The summed E-state index contributed by atoms with van der Waals surface area (Å²) in [7, 11) is 0. The van der Waals surface area contributed by atoms with Crippen LogP contribution in [0.2, 0.25) is 0 Å². The van der Waals surface area contributed by atoms with E-state index in [4.69, 9.17) is 0 Å². The summed E-state index contributed by atoms with van der Waals surface area (Å²) in [5.41, 5.74) is 16.8. The quantitative estimate of drug-likeness (QED) is 0.165. The maximum Gasteiger partial charge on any atom is 0.0741 e. The highest BCUT2D eigenvalue weighted by atomic mass is 15.2. The van der Waals surface area contributed by atoms with E-state index in [1.165, 1.54) is 87.4 Å². The van der Waals surface area contributed by atoms with Crippen molar-refractivity contribution in [1.29, 1.82) is 0 Å². The lowest BCUT2D eigenvalue weighted by Gasteiger charge is -2.31. The van der Waals surface area contributed by atoms with Crippen molar-refractivity contribution in [3.8, 4) is 22.3 Å². The zero-order chi connectivity index (χ0) is 46.1. The molecule has 0 aliphatic heterocycles. The molecule has 1 aliphatic rings. The normalized spacial score (nSPS) is 12.6. The molecule has 0 bridgehead atoms. The smallest absolute Gasteiger partial charge is 0.0741 e. The highest BCUT2D eigenvalue weighted by Crippen LogP contribution is 2.52. The lowest BCUT2D eigenvalue weighted by molar-refractivity contribution is 0.423. The lowest BCUT2D eigenvalue weighted by atomic mass is 9.78. The van der Waals surface area contributed by atoms with Gasteiger partial charge >= 0.3 is 0 Å². The standard InChI is InChI=1S/C64H52N4/c1-63(2,3)67-57-27-15-13-23-49(57)51-25-17-29-59(61(51)67)65(45-19-9-7-10-20-45)47-33-31-41-37-53-54-38-42-32-34-48(36-44(42)40-56(54)55(53)39-43(41)35-47)66(46-21-11-8-12-22-46)60-30-18-26-52-50-24-14-16-28-58(50)68(62(52)60)64(4,5)6/h7-40H,1-6H3. The summed E-state index contributed by atoms with van der Waals surface area (Å²) >= 11 is 0. The Morgan fingerprint density at radius 2 is 0.647 bits per heavy atom. The Bertz CT molecular complexity index is 3730. The van der Waals surface area contributed by atoms with Gasteiger partial charge in [-0.25, -0.2) is 0 Å². The number of fused-ring (bicyclic) bond motifs is 12. The van der Waals surface area contributed by atoms with Crippen molar-refractivity contribution < 1.29 is 0 Å². The second-order valence-electron chi connectivity index (χ2n) is 20.6. The van der Waals surface area contributed by atoms with E-state index in [0.29, 0.717) is 0 Å². The third-order valence-electron chi connectivity index (χ3n) is 14.2. The molecule has 68 heavy (non-hydrogen) atoms. The zero-order valence-corrected chi connectivity index (χ0v) is 39.4. The minimum atomic E-state index is -0.148. The average molecular weight is 877 g/mol. The molecule has 0 N–H and O–H groups in total. The van der Waals surface area contributed by atoms with Crippen LogP contribution in [0.5, 0.6) is 0 Å². The van der Waals surface area contributed by atoms with Gasteiger partial charge in [0.15, 0.2) is 0 Å². The van der Waals surface area contributed by atoms with E-state index in [-0.39, 0.29) is 11.1 Å². The molecule has 0 amide bonds. The number of para-hydroxylation sites is 6. The molecular weight excluding hydrogens is 825 g/mol. The van der Waals surface area contributed by atoms with Crippen molar-refractivity contribution in [3.05, 3.63) is 206 Å². The van der Waals surface area contributed by atoms with Gasteiger partial charge in [-0.1, -0.05) is 109 Å². The van der Waals surface area contributed by atoms with Gasteiger partial charge in [0.2, 0.25) is 0 Å². The first-order chi connectivity index (χ1) is 33.0. The fourth-order valence-electron chi connectivity index (χ4n) is 11.4. The molecule has 4 heteroatoms. The molecule has 0 unspecified atom stereocenters. The molecule has 4 nitrogen and oxygen atoms in total. The molecule has 328 valence electrons. The highest BCUT2D eigenvalue weighted by Gasteiger charge is 2.29. The predicted molar refractivity (Wildman–Crippen MR) is 291 cm³/mol. The van der Waals surface area contributed by atoms with E-state index in [9.17, 15) is 0 Å². The Morgan fingerprint density at radius 3 is 1.04 bits per heavy atom. The molecule has 0 saturated carbocycles. The minimum Gasteiger partial charge on any atom is -0.333 e. The fraction of sp³-hybridized carbons (Fsp3) is 0.125. The fourth-order valence-corrected chi connectivity index (χ4v) is 11.4. The number of benzene rings is 10. The summed E-state index contributed by atoms with van der Waals surface area (Å²) in [5.74, 6) is 0. The van der Waals surface area contributed by atoms with Crippen LogP contribution in [0.3, 0.4) is 0 Å². The highest BCUT2D eigenvalue weighted by molar-refractivity contribution is 6.16. The third kappa shape index (κ3) is 6.06. The van der Waals surface area contributed by atoms with Crippen LogP contribution in [0, 0.1) is 0 Å². The molecule has 2 heterocycles. The van der Waals surface area contributed by atoms with Gasteiger partial charge in [-0.05, 0) is 182 Å². The van der Waals surface area contributed by atoms with Gasteiger partial charge in [-0.15, -0.1) is 0 Å². The molecular formula is C64H52N4. The molecule has 0 spiro atoms. The molecule has 0 atom stereocenters. The molecule has 0 fully saturated rings. The molecule has 13 rings (SSSR count). The average Bonchev–Trinajstić information content (AvgIpc) is 3.89. The Morgan fingerprint density at radius 1 is 0.294 bits per heavy atom. The number of rotatable bonds is 6. The summed E-state index contributed by atoms with van der Waals surface area (Å²) in [6, 6.07) is 76.6. The van der Waals surface area contributed by atoms with Crippen LogP contribution in [-0.4, -0.2) is 9.13 Å². The molecule has 12 aromatic rings. The predicted octanol–water partition coefficient (Wildman–Crippen LogP) is 18.3. The number of hydrogen-bond donors (Lipinski definition) is 0. The zero-order valence-electron chi connectivity index (χ0n) is 39.4. The molecule has 0 saturated heterocycles. The Labute approximate surface area is 397 Å². The summed E-state index contributed by atoms with van der Waals surface area (Å²) in [5, 5.41) is 10.0. The summed E-state index contributed by atoms with van der Waals surface area (Å²) in [6.45, 7) is 13.9. The van der Waals surface area contributed by atoms with Gasteiger partial charge in [0, 0.05) is 66.4 Å². The van der Waals surface area contributed by atoms with Crippen LogP contribution in [-0.2, 0) is 11.1 Å². The van der Waals surface area contributed by atoms with Crippen LogP contribution in [0.1, 0.15) is 41.5 Å². The lowest BCUT2D eigenvalue weighted by Crippen LogP contribution is -2.22. The topological polar surface area (TPSA) is 16.3 Å². The van der Waals surface area contributed by atoms with Crippen molar-refractivity contribution >= 4 is 99.3 Å². The van der Waals surface area contributed by atoms with Gasteiger partial charge in [-0.3, -0.25) is 0 Å². The van der Waals surface area contributed by atoms with E-state index >= 15 is 0 Å². The van der Waals surface area contributed by atoms with Crippen LogP contribution in [0.4, 0.5) is 34.1 Å². The third-order valence-corrected chi connectivity index (χ3v) is 14.2. The van der Waals surface area contributed by atoms with Crippen LogP contribution >= 0.6 is 0 Å². The van der Waals surface area contributed by atoms with Gasteiger partial charge in [0.05, 0.1) is 22.4 Å². The minimum absolute atomic E-state index is 0.148. The maximum atomic E-state index is 2.53. The van der Waals surface area contributed by atoms with Crippen LogP contribution < -0.4 is 9.80 Å². The van der Waals surface area contributed by atoms with Crippen molar-refractivity contribution in [3.63, 3.8) is 0 Å². The second kappa shape index (κ2) is 14.7. The molecule has 0 radical (unpaired) electrons. The van der Waals surface area contributed by atoms with Crippen LogP contribution in [0.15, 0.2) is 206 Å². The van der Waals surface area contributed by atoms with Gasteiger partial charge < -0.3 is 18.9 Å². The first-order valence-electron chi connectivity index (χ1n) is 23.9. The van der Waals surface area contributed by atoms with E-state index < -0.39 is 0 Å². The van der Waals surface area contributed by atoms with Crippen molar-refractivity contribution in [2.75, 3.05) is 9.80 Å². The second-order valence-corrected chi connectivity index (χ2v) is 20.6. The van der Waals surface area contributed by atoms with Crippen molar-refractivity contribution in [2.45, 2.75) is 52.6 Å². The largest absolute Gasteiger partial charge is 0.333 e. The molecule has 2 aromatic heterocycles. The van der Waals surface area contributed by atoms with Crippen molar-refractivity contribution in [2.24, 2.45) is 0 Å². The van der Waals surface area contributed by atoms with E-state index in [2.05, 4.69) is 267 Å². The summed E-state index contributed by atoms with van der Waals surface area (Å²) in [6.07, 6.45) is 0. The Kier molecular flexibility index (Phi) is 8.70. The van der Waals surface area contributed by atoms with Crippen LogP contribution in [0.25, 0.3) is 87.4 Å². The van der Waals surface area contributed by atoms with E-state index in [0.717, 1.165) is 34.1 Å². The molecule has 10 aromatic carbocycles. The van der Waals surface area contributed by atoms with Gasteiger partial charge in [0.1, 0.15) is 0 Å². The van der Waals surface area contributed by atoms with E-state index in [1.807, 2.05) is 0 Å². The van der Waals surface area contributed by atoms with E-state index in [1.54, 1.807) is 0 Å². The van der Waals surface area contributed by atoms with Gasteiger partial charge in [-0.2, -0.15) is 0 Å². The number of hydrogen-bond acceptors (Lipinski definition) is 2. The monoisotopic (exact) mass is 876 g/mol. The van der Waals surface area contributed by atoms with Crippen molar-refractivity contribution in [1.82, 2.24) is 9.13 Å². The first-order valence-corrected chi connectivity index (χ1v) is 23.9. The maximum absolute atomic E-state index is 2.53. The summed E-state index contributed by atoms with van der Waals surface area (Å²) in [4.78, 5) is 4.90.